The largest absolute Gasteiger partial charge is 0.459 e. The summed E-state index contributed by atoms with van der Waals surface area (Å²) in [5.41, 5.74) is 2.08. The molecule has 0 heterocycles. The average molecular weight is 263 g/mol. The van der Waals surface area contributed by atoms with Crippen molar-refractivity contribution >= 4 is 5.97 Å². The Hall–Kier alpha value is -1.35. The summed E-state index contributed by atoms with van der Waals surface area (Å²) >= 11 is 0. The molecule has 1 rings (SSSR count). The predicted octanol–water partition coefficient (Wildman–Crippen LogP) is 3.24. The lowest BCUT2D eigenvalue weighted by Crippen LogP contribution is -2.32. The second-order valence-corrected chi connectivity index (χ2v) is 5.78. The van der Waals surface area contributed by atoms with E-state index in [9.17, 15) is 4.79 Å². The van der Waals surface area contributed by atoms with Gasteiger partial charge >= 0.3 is 5.97 Å². The molecule has 1 aromatic carbocycles. The summed E-state index contributed by atoms with van der Waals surface area (Å²) in [6.45, 7) is 10.0. The number of ether oxygens (including phenoxy) is 1. The average Bonchev–Trinajstić information content (AvgIpc) is 2.34. The summed E-state index contributed by atoms with van der Waals surface area (Å²) in [6, 6.07) is 8.59. The van der Waals surface area contributed by atoms with Crippen LogP contribution in [-0.4, -0.2) is 18.1 Å². The topological polar surface area (TPSA) is 38.3 Å². The number of esters is 1. The van der Waals surface area contributed by atoms with Gasteiger partial charge in [0.25, 0.3) is 0 Å². The molecule has 1 atom stereocenters. The van der Waals surface area contributed by atoms with Crippen LogP contribution in [0.5, 0.6) is 0 Å². The van der Waals surface area contributed by atoms with Gasteiger partial charge in [-0.25, -0.2) is 0 Å². The molecule has 3 heteroatoms. The van der Waals surface area contributed by atoms with Crippen LogP contribution in [0.2, 0.25) is 0 Å². The van der Waals surface area contributed by atoms with E-state index in [2.05, 4.69) is 36.5 Å². The third kappa shape index (κ3) is 5.88. The Bertz CT molecular complexity index is 404. The molecule has 0 fully saturated rings. The minimum Gasteiger partial charge on any atom is -0.459 e. The maximum absolute atomic E-state index is 11.6. The molecule has 0 aliphatic rings. The highest BCUT2D eigenvalue weighted by molar-refractivity contribution is 5.72. The quantitative estimate of drug-likeness (QED) is 0.829. The summed E-state index contributed by atoms with van der Waals surface area (Å²) in [5.74, 6) is -0.218. The minimum absolute atomic E-state index is 0.137. The highest BCUT2D eigenvalue weighted by Gasteiger charge is 2.16. The Kier molecular flexibility index (Phi) is 5.55. The maximum Gasteiger partial charge on any atom is 0.320 e. The van der Waals surface area contributed by atoms with Gasteiger partial charge < -0.3 is 10.1 Å². The van der Waals surface area contributed by atoms with Crippen LogP contribution in [0.25, 0.3) is 0 Å². The van der Waals surface area contributed by atoms with Crippen molar-refractivity contribution in [2.24, 2.45) is 0 Å². The van der Waals surface area contributed by atoms with E-state index in [0.717, 1.165) is 6.42 Å². The van der Waals surface area contributed by atoms with Crippen molar-refractivity contribution in [1.29, 1.82) is 0 Å². The number of aryl methyl sites for hydroxylation is 1. The van der Waals surface area contributed by atoms with Crippen molar-refractivity contribution in [1.82, 2.24) is 5.32 Å². The monoisotopic (exact) mass is 263 g/mol. The van der Waals surface area contributed by atoms with Crippen molar-refractivity contribution < 1.29 is 9.53 Å². The summed E-state index contributed by atoms with van der Waals surface area (Å²) in [7, 11) is 0. The number of hydrogen-bond donors (Lipinski definition) is 1. The van der Waals surface area contributed by atoms with Crippen molar-refractivity contribution in [3.05, 3.63) is 35.4 Å². The van der Waals surface area contributed by atoms with E-state index >= 15 is 0 Å². The Morgan fingerprint density at radius 3 is 2.32 bits per heavy atom. The van der Waals surface area contributed by atoms with E-state index in [-0.39, 0.29) is 18.6 Å². The van der Waals surface area contributed by atoms with Gasteiger partial charge in [0, 0.05) is 6.04 Å². The van der Waals surface area contributed by atoms with Crippen LogP contribution >= 0.6 is 0 Å². The van der Waals surface area contributed by atoms with Crippen molar-refractivity contribution in [3.63, 3.8) is 0 Å². The van der Waals surface area contributed by atoms with Gasteiger partial charge in [-0.15, -0.1) is 0 Å². The van der Waals surface area contributed by atoms with Gasteiger partial charge in [-0.2, -0.15) is 0 Å². The Morgan fingerprint density at radius 2 is 1.84 bits per heavy atom. The lowest BCUT2D eigenvalue weighted by molar-refractivity contribution is -0.153. The summed E-state index contributed by atoms with van der Waals surface area (Å²) < 4.78 is 5.26. The van der Waals surface area contributed by atoms with Crippen LogP contribution in [0.15, 0.2) is 24.3 Å². The van der Waals surface area contributed by atoms with Crippen LogP contribution < -0.4 is 5.32 Å². The lowest BCUT2D eigenvalue weighted by atomic mass is 10.1. The second-order valence-electron chi connectivity index (χ2n) is 5.78. The van der Waals surface area contributed by atoms with Gasteiger partial charge in [-0.05, 0) is 45.2 Å². The number of benzene rings is 1. The first-order chi connectivity index (χ1) is 8.81. The smallest absolute Gasteiger partial charge is 0.320 e. The van der Waals surface area contributed by atoms with E-state index < -0.39 is 5.60 Å². The van der Waals surface area contributed by atoms with Gasteiger partial charge in [-0.1, -0.05) is 31.2 Å². The molecule has 1 N–H and O–H groups in total. The zero-order chi connectivity index (χ0) is 14.5. The molecule has 3 nitrogen and oxygen atoms in total. The molecule has 0 bridgehead atoms. The van der Waals surface area contributed by atoms with E-state index in [4.69, 9.17) is 4.74 Å². The summed E-state index contributed by atoms with van der Waals surface area (Å²) in [6.07, 6.45) is 1.04. The number of carbonyl (C=O) groups is 1. The Balaban J connectivity index is 2.46. The van der Waals surface area contributed by atoms with Crippen molar-refractivity contribution in [2.75, 3.05) is 6.54 Å². The zero-order valence-electron chi connectivity index (χ0n) is 12.6. The highest BCUT2D eigenvalue weighted by Crippen LogP contribution is 2.14. The Labute approximate surface area is 116 Å². The van der Waals surface area contributed by atoms with Crippen LogP contribution in [0.3, 0.4) is 0 Å². The third-order valence-electron chi connectivity index (χ3n) is 2.86. The molecular weight excluding hydrogens is 238 g/mol. The first-order valence-electron chi connectivity index (χ1n) is 6.86. The number of carbonyl (C=O) groups excluding carboxylic acids is 1. The van der Waals surface area contributed by atoms with E-state index in [1.165, 1.54) is 11.1 Å². The van der Waals surface area contributed by atoms with Gasteiger partial charge in [-0.3, -0.25) is 4.79 Å². The molecular formula is C16H25NO2. The molecule has 0 spiro atoms. The molecule has 0 saturated carbocycles. The van der Waals surface area contributed by atoms with Crippen LogP contribution in [-0.2, 0) is 16.0 Å². The highest BCUT2D eigenvalue weighted by atomic mass is 16.6. The maximum atomic E-state index is 11.6. The first kappa shape index (κ1) is 15.7. The fraction of sp³-hybridized carbons (Fsp3) is 0.562. The predicted molar refractivity (Wildman–Crippen MR) is 78.1 cm³/mol. The van der Waals surface area contributed by atoms with Crippen molar-refractivity contribution in [2.45, 2.75) is 52.7 Å². The van der Waals surface area contributed by atoms with E-state index in [1.807, 2.05) is 27.7 Å². The lowest BCUT2D eigenvalue weighted by Gasteiger charge is -2.21. The van der Waals surface area contributed by atoms with Gasteiger partial charge in [0.1, 0.15) is 5.60 Å². The summed E-state index contributed by atoms with van der Waals surface area (Å²) in [4.78, 5) is 11.6. The SMILES string of the molecule is CCc1ccc(C(C)NCC(=O)OC(C)(C)C)cc1. The fourth-order valence-corrected chi connectivity index (χ4v) is 1.77. The second kappa shape index (κ2) is 6.71. The third-order valence-corrected chi connectivity index (χ3v) is 2.86. The summed E-state index contributed by atoms with van der Waals surface area (Å²) in [5, 5.41) is 3.18. The molecule has 19 heavy (non-hydrogen) atoms. The normalized spacial score (nSPS) is 13.1. The molecule has 0 radical (unpaired) electrons. The molecule has 106 valence electrons. The molecule has 0 aliphatic carbocycles. The van der Waals surface area contributed by atoms with Gasteiger partial charge in [0.05, 0.1) is 6.54 Å². The van der Waals surface area contributed by atoms with Crippen molar-refractivity contribution in [3.8, 4) is 0 Å². The number of nitrogens with one attached hydrogen (secondary N) is 1. The Morgan fingerprint density at radius 1 is 1.26 bits per heavy atom. The fourth-order valence-electron chi connectivity index (χ4n) is 1.77. The van der Waals surface area contributed by atoms with Crippen LogP contribution in [0.4, 0.5) is 0 Å². The number of rotatable bonds is 5. The molecule has 1 aromatic rings. The first-order valence-corrected chi connectivity index (χ1v) is 6.86. The molecule has 0 aromatic heterocycles. The van der Waals surface area contributed by atoms with Crippen LogP contribution in [0, 0.1) is 0 Å². The molecule has 0 aliphatic heterocycles. The minimum atomic E-state index is -0.426. The van der Waals surface area contributed by atoms with E-state index in [1.54, 1.807) is 0 Å². The zero-order valence-corrected chi connectivity index (χ0v) is 12.6. The molecule has 1 unspecified atom stereocenters. The van der Waals surface area contributed by atoms with Crippen LogP contribution in [0.1, 0.15) is 51.8 Å². The number of hydrogen-bond acceptors (Lipinski definition) is 3. The van der Waals surface area contributed by atoms with E-state index in [0.29, 0.717) is 0 Å². The molecule has 0 amide bonds. The van der Waals surface area contributed by atoms with Gasteiger partial charge in [0.2, 0.25) is 0 Å². The standard InChI is InChI=1S/C16H25NO2/c1-6-13-7-9-14(10-8-13)12(2)17-11-15(18)19-16(3,4)5/h7-10,12,17H,6,11H2,1-5H3. The molecule has 0 saturated heterocycles. The van der Waals surface area contributed by atoms with Gasteiger partial charge in [0.15, 0.2) is 0 Å².